The van der Waals surface area contributed by atoms with Crippen LogP contribution in [0.1, 0.15) is 29.6 Å². The lowest BCUT2D eigenvalue weighted by Gasteiger charge is -2.40. The average Bonchev–Trinajstić information content (AvgIpc) is 2.99. The van der Waals surface area contributed by atoms with Gasteiger partial charge < -0.3 is 23.8 Å². The molecule has 3 aliphatic heterocycles. The summed E-state index contributed by atoms with van der Waals surface area (Å²) in [5.41, 5.74) is 0.640. The van der Waals surface area contributed by atoms with Crippen LogP contribution in [0.4, 0.5) is 0 Å². The number of nitrogens with zero attached hydrogens (tertiary/aromatic N) is 1. The quantitative estimate of drug-likeness (QED) is 0.827. The van der Waals surface area contributed by atoms with Crippen LogP contribution in [0.3, 0.4) is 0 Å². The van der Waals surface area contributed by atoms with Gasteiger partial charge in [-0.1, -0.05) is 0 Å². The average molecular weight is 333 g/mol. The minimum atomic E-state index is -0.0203. The standard InChI is InChI=1S/C18H23NO5/c1-21-15-5-7-19(13-6-10-24-17(13)15)18(20)12-3-4-14-16(11-12)23-9-2-8-22-14/h3-4,11,13,15,17H,2,5-10H2,1H3/t13-,15-,17-/m0/s1. The molecular formula is C18H23NO5. The molecule has 130 valence electrons. The van der Waals surface area contributed by atoms with Crippen LogP contribution in [0.5, 0.6) is 11.5 Å². The first kappa shape index (κ1) is 15.7. The maximum atomic E-state index is 13.0. The highest BCUT2D eigenvalue weighted by Crippen LogP contribution is 2.34. The molecule has 2 saturated heterocycles. The zero-order chi connectivity index (χ0) is 16.5. The van der Waals surface area contributed by atoms with E-state index in [4.69, 9.17) is 18.9 Å². The Bertz CT molecular complexity index is 619. The van der Waals surface area contributed by atoms with Crippen molar-refractivity contribution in [1.29, 1.82) is 0 Å². The molecule has 0 spiro atoms. The van der Waals surface area contributed by atoms with E-state index in [-0.39, 0.29) is 24.2 Å². The molecule has 4 rings (SSSR count). The van der Waals surface area contributed by atoms with Gasteiger partial charge in [-0.25, -0.2) is 0 Å². The fourth-order valence-electron chi connectivity index (χ4n) is 3.85. The fourth-order valence-corrected chi connectivity index (χ4v) is 3.85. The second-order valence-corrected chi connectivity index (χ2v) is 6.46. The number of hydrogen-bond acceptors (Lipinski definition) is 5. The van der Waals surface area contributed by atoms with Crippen LogP contribution in [0, 0.1) is 0 Å². The summed E-state index contributed by atoms with van der Waals surface area (Å²) < 4.78 is 22.7. The molecule has 1 aromatic carbocycles. The third kappa shape index (κ3) is 2.74. The van der Waals surface area contributed by atoms with Gasteiger partial charge in [-0.05, 0) is 31.0 Å². The van der Waals surface area contributed by atoms with Gasteiger partial charge in [0.05, 0.1) is 25.4 Å². The van der Waals surface area contributed by atoms with Gasteiger partial charge in [0, 0.05) is 32.2 Å². The third-order valence-electron chi connectivity index (χ3n) is 5.08. The van der Waals surface area contributed by atoms with Crippen molar-refractivity contribution in [3.63, 3.8) is 0 Å². The molecule has 3 heterocycles. The van der Waals surface area contributed by atoms with Crippen LogP contribution < -0.4 is 9.47 Å². The summed E-state index contributed by atoms with van der Waals surface area (Å²) in [6, 6.07) is 5.55. The minimum absolute atomic E-state index is 0.0203. The first-order valence-electron chi connectivity index (χ1n) is 8.63. The Labute approximate surface area is 141 Å². The number of piperidine rings is 1. The van der Waals surface area contributed by atoms with Gasteiger partial charge in [-0.2, -0.15) is 0 Å². The second kappa shape index (κ2) is 6.61. The van der Waals surface area contributed by atoms with Gasteiger partial charge in [-0.3, -0.25) is 4.79 Å². The van der Waals surface area contributed by atoms with Crippen molar-refractivity contribution in [3.05, 3.63) is 23.8 Å². The number of benzene rings is 1. The molecule has 0 saturated carbocycles. The van der Waals surface area contributed by atoms with Crippen molar-refractivity contribution in [2.45, 2.75) is 37.5 Å². The lowest BCUT2D eigenvalue weighted by atomic mass is 9.94. The number of carbonyl (C=O) groups is 1. The van der Waals surface area contributed by atoms with Gasteiger partial charge in [0.1, 0.15) is 6.10 Å². The Morgan fingerprint density at radius 1 is 1.17 bits per heavy atom. The van der Waals surface area contributed by atoms with Gasteiger partial charge in [-0.15, -0.1) is 0 Å². The number of ether oxygens (including phenoxy) is 4. The number of carbonyl (C=O) groups excluding carboxylic acids is 1. The maximum absolute atomic E-state index is 13.0. The van der Waals surface area contributed by atoms with Crippen LogP contribution in [0.25, 0.3) is 0 Å². The summed E-state index contributed by atoms with van der Waals surface area (Å²) in [4.78, 5) is 15.0. The van der Waals surface area contributed by atoms with E-state index < -0.39 is 0 Å². The van der Waals surface area contributed by atoms with E-state index in [1.807, 2.05) is 17.0 Å². The predicted octanol–water partition coefficient (Wildman–Crippen LogP) is 1.87. The molecule has 1 amide bonds. The maximum Gasteiger partial charge on any atom is 0.254 e. The first-order chi connectivity index (χ1) is 11.8. The molecule has 0 N–H and O–H groups in total. The van der Waals surface area contributed by atoms with Crippen LogP contribution >= 0.6 is 0 Å². The largest absolute Gasteiger partial charge is 0.490 e. The smallest absolute Gasteiger partial charge is 0.254 e. The Balaban J connectivity index is 1.56. The summed E-state index contributed by atoms with van der Waals surface area (Å²) in [6.07, 6.45) is 2.57. The summed E-state index contributed by atoms with van der Waals surface area (Å²) in [7, 11) is 1.71. The monoisotopic (exact) mass is 333 g/mol. The van der Waals surface area contributed by atoms with Crippen molar-refractivity contribution in [3.8, 4) is 11.5 Å². The highest BCUT2D eigenvalue weighted by atomic mass is 16.5. The van der Waals surface area contributed by atoms with Gasteiger partial charge in [0.25, 0.3) is 5.91 Å². The van der Waals surface area contributed by atoms with E-state index in [0.717, 1.165) is 19.3 Å². The molecule has 3 aliphatic rings. The van der Waals surface area contributed by atoms with Crippen molar-refractivity contribution in [2.75, 3.05) is 33.5 Å². The predicted molar refractivity (Wildman–Crippen MR) is 86.6 cm³/mol. The molecule has 0 aromatic heterocycles. The topological polar surface area (TPSA) is 57.2 Å². The number of methoxy groups -OCH3 is 1. The molecule has 6 heteroatoms. The van der Waals surface area contributed by atoms with E-state index in [1.165, 1.54) is 0 Å². The Morgan fingerprint density at radius 3 is 2.83 bits per heavy atom. The number of fused-ring (bicyclic) bond motifs is 2. The van der Waals surface area contributed by atoms with E-state index in [1.54, 1.807) is 13.2 Å². The molecule has 6 nitrogen and oxygen atoms in total. The molecule has 0 bridgehead atoms. The molecule has 0 radical (unpaired) electrons. The zero-order valence-electron chi connectivity index (χ0n) is 13.9. The van der Waals surface area contributed by atoms with Crippen LogP contribution in [-0.4, -0.2) is 62.5 Å². The van der Waals surface area contributed by atoms with Crippen LogP contribution in [0.2, 0.25) is 0 Å². The summed E-state index contributed by atoms with van der Waals surface area (Å²) in [5.74, 6) is 1.40. The molecule has 1 aromatic rings. The van der Waals surface area contributed by atoms with Crippen LogP contribution in [0.15, 0.2) is 18.2 Å². The van der Waals surface area contributed by atoms with E-state index in [0.29, 0.717) is 43.4 Å². The Kier molecular flexibility index (Phi) is 4.33. The zero-order valence-corrected chi connectivity index (χ0v) is 13.9. The summed E-state index contributed by atoms with van der Waals surface area (Å²) in [6.45, 7) is 2.63. The van der Waals surface area contributed by atoms with Gasteiger partial charge >= 0.3 is 0 Å². The normalized spacial score (nSPS) is 29.0. The molecule has 2 fully saturated rings. The van der Waals surface area contributed by atoms with Gasteiger partial charge in [0.15, 0.2) is 11.5 Å². The molecule has 0 aliphatic carbocycles. The number of rotatable bonds is 2. The summed E-state index contributed by atoms with van der Waals surface area (Å²) in [5, 5.41) is 0. The lowest BCUT2D eigenvalue weighted by Crippen LogP contribution is -2.55. The van der Waals surface area contributed by atoms with Crippen LogP contribution in [-0.2, 0) is 9.47 Å². The van der Waals surface area contributed by atoms with Crippen molar-refractivity contribution in [2.24, 2.45) is 0 Å². The fraction of sp³-hybridized carbons (Fsp3) is 0.611. The Hall–Kier alpha value is -1.79. The molecular weight excluding hydrogens is 310 g/mol. The Morgan fingerprint density at radius 2 is 2.00 bits per heavy atom. The second-order valence-electron chi connectivity index (χ2n) is 6.46. The first-order valence-corrected chi connectivity index (χ1v) is 8.63. The highest BCUT2D eigenvalue weighted by molar-refractivity contribution is 5.95. The SMILES string of the molecule is CO[C@H]1CCN(C(=O)c2ccc3c(c2)OCCCO3)[C@H]2CCO[C@H]12. The molecule has 0 unspecified atom stereocenters. The minimum Gasteiger partial charge on any atom is -0.490 e. The number of amides is 1. The van der Waals surface area contributed by atoms with E-state index in [9.17, 15) is 4.79 Å². The third-order valence-corrected chi connectivity index (χ3v) is 5.08. The van der Waals surface area contributed by atoms with Crippen molar-refractivity contribution in [1.82, 2.24) is 4.90 Å². The summed E-state index contributed by atoms with van der Waals surface area (Å²) >= 11 is 0. The number of hydrogen-bond donors (Lipinski definition) is 0. The van der Waals surface area contributed by atoms with E-state index in [2.05, 4.69) is 0 Å². The molecule has 3 atom stereocenters. The molecule has 24 heavy (non-hydrogen) atoms. The van der Waals surface area contributed by atoms with Gasteiger partial charge in [0.2, 0.25) is 0 Å². The number of likely N-dealkylation sites (tertiary alicyclic amines) is 1. The van der Waals surface area contributed by atoms with E-state index >= 15 is 0 Å². The lowest BCUT2D eigenvalue weighted by molar-refractivity contribution is -0.0754. The van der Waals surface area contributed by atoms with Crippen molar-refractivity contribution >= 4 is 5.91 Å². The highest BCUT2D eigenvalue weighted by Gasteiger charge is 2.44. The van der Waals surface area contributed by atoms with Crippen molar-refractivity contribution < 1.29 is 23.7 Å².